The molecule has 2 aromatic heterocycles. The van der Waals surface area contributed by atoms with Crippen molar-refractivity contribution in [3.63, 3.8) is 0 Å². The molecule has 2 aromatic rings. The van der Waals surface area contributed by atoms with Gasteiger partial charge in [-0.3, -0.25) is 4.90 Å². The standard InChI is InChI=1S/C13H11N5/c1-2-12-17(8-9-18(12)16-5-1)11-4-7-15-13-10(11)3-6-14-13/h1-9,16H,(H,14,15). The van der Waals surface area contributed by atoms with Gasteiger partial charge in [0, 0.05) is 36.4 Å². The first-order valence-corrected chi connectivity index (χ1v) is 5.75. The summed E-state index contributed by atoms with van der Waals surface area (Å²) in [5.41, 5.74) is 5.17. The van der Waals surface area contributed by atoms with Gasteiger partial charge in [-0.2, -0.15) is 0 Å². The van der Waals surface area contributed by atoms with Crippen molar-refractivity contribution in [3.8, 4) is 0 Å². The number of rotatable bonds is 1. The van der Waals surface area contributed by atoms with Crippen LogP contribution in [0.15, 0.2) is 61.1 Å². The zero-order valence-corrected chi connectivity index (χ0v) is 9.54. The van der Waals surface area contributed by atoms with Crippen LogP contribution in [0.4, 0.5) is 5.69 Å². The van der Waals surface area contributed by atoms with E-state index in [4.69, 9.17) is 0 Å². The van der Waals surface area contributed by atoms with Crippen molar-refractivity contribution in [2.75, 3.05) is 4.90 Å². The van der Waals surface area contributed by atoms with Crippen LogP contribution in [0.25, 0.3) is 11.0 Å². The smallest absolute Gasteiger partial charge is 0.139 e. The van der Waals surface area contributed by atoms with Gasteiger partial charge in [-0.25, -0.2) is 9.99 Å². The molecule has 0 radical (unpaired) electrons. The molecule has 0 aromatic carbocycles. The molecule has 88 valence electrons. The second-order valence-corrected chi connectivity index (χ2v) is 4.12. The maximum absolute atomic E-state index is 4.31. The Kier molecular flexibility index (Phi) is 1.77. The Morgan fingerprint density at radius 1 is 1.17 bits per heavy atom. The number of nitrogens with zero attached hydrogens (tertiary/aromatic N) is 3. The van der Waals surface area contributed by atoms with E-state index < -0.39 is 0 Å². The molecule has 0 spiro atoms. The third-order valence-corrected chi connectivity index (χ3v) is 3.11. The van der Waals surface area contributed by atoms with Crippen molar-refractivity contribution in [2.45, 2.75) is 0 Å². The van der Waals surface area contributed by atoms with E-state index in [0.717, 1.165) is 22.5 Å². The number of hydrogen-bond donors (Lipinski definition) is 2. The van der Waals surface area contributed by atoms with Gasteiger partial charge < -0.3 is 10.4 Å². The topological polar surface area (TPSA) is 47.2 Å². The average Bonchev–Trinajstić information content (AvgIpc) is 3.05. The van der Waals surface area contributed by atoms with Gasteiger partial charge in [0.2, 0.25) is 0 Å². The molecule has 0 bridgehead atoms. The van der Waals surface area contributed by atoms with Gasteiger partial charge in [0.25, 0.3) is 0 Å². The summed E-state index contributed by atoms with van der Waals surface area (Å²) in [6, 6.07) is 4.06. The average molecular weight is 237 g/mol. The number of fused-ring (bicyclic) bond motifs is 2. The number of nitrogens with one attached hydrogen (secondary N) is 2. The van der Waals surface area contributed by atoms with Gasteiger partial charge in [0.05, 0.1) is 5.69 Å². The van der Waals surface area contributed by atoms with Crippen LogP contribution >= 0.6 is 0 Å². The lowest BCUT2D eigenvalue weighted by molar-refractivity contribution is 0.401. The van der Waals surface area contributed by atoms with Crippen LogP contribution in [-0.4, -0.2) is 15.0 Å². The largest absolute Gasteiger partial charge is 0.346 e. The van der Waals surface area contributed by atoms with Crippen LogP contribution in [-0.2, 0) is 0 Å². The van der Waals surface area contributed by atoms with Gasteiger partial charge in [-0.05, 0) is 24.3 Å². The molecule has 2 aliphatic heterocycles. The highest BCUT2D eigenvalue weighted by molar-refractivity contribution is 5.91. The van der Waals surface area contributed by atoms with Crippen molar-refractivity contribution < 1.29 is 0 Å². The molecule has 4 heterocycles. The van der Waals surface area contributed by atoms with Crippen molar-refractivity contribution in [1.29, 1.82) is 0 Å². The molecule has 2 aliphatic rings. The van der Waals surface area contributed by atoms with E-state index in [9.17, 15) is 0 Å². The molecule has 4 rings (SSSR count). The summed E-state index contributed by atoms with van der Waals surface area (Å²) < 4.78 is 0. The van der Waals surface area contributed by atoms with Gasteiger partial charge in [-0.1, -0.05) is 0 Å². The van der Waals surface area contributed by atoms with E-state index >= 15 is 0 Å². The van der Waals surface area contributed by atoms with E-state index in [-0.39, 0.29) is 0 Å². The first kappa shape index (κ1) is 9.35. The molecule has 0 unspecified atom stereocenters. The fraction of sp³-hybridized carbons (Fsp3) is 0. The zero-order chi connectivity index (χ0) is 11.9. The molecule has 0 amide bonds. The molecule has 5 heteroatoms. The number of anilines is 1. The minimum Gasteiger partial charge on any atom is -0.346 e. The summed E-state index contributed by atoms with van der Waals surface area (Å²) in [5, 5.41) is 3.08. The molecule has 5 nitrogen and oxygen atoms in total. The zero-order valence-electron chi connectivity index (χ0n) is 9.54. The summed E-state index contributed by atoms with van der Waals surface area (Å²) in [6.07, 6.45) is 13.7. The number of pyridine rings is 1. The molecule has 0 saturated carbocycles. The van der Waals surface area contributed by atoms with E-state index in [1.807, 2.05) is 54.2 Å². The summed E-state index contributed by atoms with van der Waals surface area (Å²) in [6.45, 7) is 0. The number of hydrogen-bond acceptors (Lipinski definition) is 4. The molecule has 18 heavy (non-hydrogen) atoms. The lowest BCUT2D eigenvalue weighted by atomic mass is 10.2. The predicted octanol–water partition coefficient (Wildman–Crippen LogP) is 2.03. The SMILES string of the molecule is C1=CNN2C=CN(c3ccnc4[nH]ccc34)C2=C1. The number of aromatic amines is 1. The summed E-state index contributed by atoms with van der Waals surface area (Å²) >= 11 is 0. The van der Waals surface area contributed by atoms with Crippen molar-refractivity contribution in [3.05, 3.63) is 61.1 Å². The Balaban J connectivity index is 1.88. The van der Waals surface area contributed by atoms with Crippen molar-refractivity contribution in [1.82, 2.24) is 20.4 Å². The highest BCUT2D eigenvalue weighted by Gasteiger charge is 2.23. The number of hydrazine groups is 1. The Hall–Kier alpha value is -2.69. The van der Waals surface area contributed by atoms with Gasteiger partial charge in [0.15, 0.2) is 0 Å². The van der Waals surface area contributed by atoms with Crippen LogP contribution in [0, 0.1) is 0 Å². The second-order valence-electron chi connectivity index (χ2n) is 4.12. The maximum Gasteiger partial charge on any atom is 0.139 e. The van der Waals surface area contributed by atoms with Crippen LogP contribution in [0.5, 0.6) is 0 Å². The van der Waals surface area contributed by atoms with Crippen molar-refractivity contribution >= 4 is 16.7 Å². The molecule has 0 atom stereocenters. The fourth-order valence-electron chi connectivity index (χ4n) is 2.29. The Labute approximate surface area is 104 Å². The van der Waals surface area contributed by atoms with Gasteiger partial charge >= 0.3 is 0 Å². The van der Waals surface area contributed by atoms with Crippen LogP contribution in [0.2, 0.25) is 0 Å². The molecular formula is C13H11N5. The Morgan fingerprint density at radius 3 is 3.17 bits per heavy atom. The summed E-state index contributed by atoms with van der Waals surface area (Å²) in [4.78, 5) is 9.57. The number of allylic oxidation sites excluding steroid dienone is 2. The highest BCUT2D eigenvalue weighted by atomic mass is 15.6. The van der Waals surface area contributed by atoms with Crippen LogP contribution in [0.1, 0.15) is 0 Å². The summed E-state index contributed by atoms with van der Waals surface area (Å²) in [5.74, 6) is 1.08. The number of aromatic nitrogens is 2. The van der Waals surface area contributed by atoms with E-state index in [1.54, 1.807) is 0 Å². The minimum absolute atomic E-state index is 0.902. The van der Waals surface area contributed by atoms with Crippen LogP contribution < -0.4 is 10.3 Å². The molecule has 2 N–H and O–H groups in total. The van der Waals surface area contributed by atoms with Gasteiger partial charge in [-0.15, -0.1) is 0 Å². The lowest BCUT2D eigenvalue weighted by Gasteiger charge is -2.26. The van der Waals surface area contributed by atoms with E-state index in [1.165, 1.54) is 0 Å². The first-order valence-electron chi connectivity index (χ1n) is 5.75. The fourth-order valence-corrected chi connectivity index (χ4v) is 2.29. The Morgan fingerprint density at radius 2 is 2.17 bits per heavy atom. The monoisotopic (exact) mass is 237 g/mol. The highest BCUT2D eigenvalue weighted by Crippen LogP contribution is 2.32. The lowest BCUT2D eigenvalue weighted by Crippen LogP contribution is -2.32. The predicted molar refractivity (Wildman–Crippen MR) is 69.9 cm³/mol. The summed E-state index contributed by atoms with van der Waals surface area (Å²) in [7, 11) is 0. The second kappa shape index (κ2) is 3.40. The third kappa shape index (κ3) is 1.18. The Bertz CT molecular complexity index is 694. The van der Waals surface area contributed by atoms with Crippen molar-refractivity contribution in [2.24, 2.45) is 0 Å². The first-order chi connectivity index (χ1) is 8.93. The van der Waals surface area contributed by atoms with Crippen LogP contribution in [0.3, 0.4) is 0 Å². The molecular weight excluding hydrogens is 226 g/mol. The molecule has 0 saturated heterocycles. The molecule has 0 fully saturated rings. The van der Waals surface area contributed by atoms with E-state index in [2.05, 4.69) is 26.4 Å². The quantitative estimate of drug-likeness (QED) is 0.796. The minimum atomic E-state index is 0.902. The van der Waals surface area contributed by atoms with Gasteiger partial charge in [0.1, 0.15) is 11.5 Å². The maximum atomic E-state index is 4.31. The molecule has 0 aliphatic carbocycles. The normalized spacial score (nSPS) is 17.0. The van der Waals surface area contributed by atoms with E-state index in [0.29, 0.717) is 0 Å². The number of H-pyrrole nitrogens is 1. The third-order valence-electron chi connectivity index (χ3n) is 3.11.